The van der Waals surface area contributed by atoms with E-state index in [1.807, 2.05) is 0 Å². The van der Waals surface area contributed by atoms with Crippen LogP contribution in [0.3, 0.4) is 0 Å². The third-order valence-electron chi connectivity index (χ3n) is 4.71. The number of hydrogen-bond donors (Lipinski definition) is 0. The standard InChI is InChI=1S/C16H26N4O2/c1-21-13-5-3-7-19(10-13)15-9-16(18-12-17-15)20-8-4-6-14(11-20)22-2/h9,12-14H,3-8,10-11H2,1-2H3. The molecule has 0 aromatic carbocycles. The van der Waals surface area contributed by atoms with Gasteiger partial charge in [0, 0.05) is 46.5 Å². The van der Waals surface area contributed by atoms with Crippen molar-refractivity contribution in [3.63, 3.8) is 0 Å². The Balaban J connectivity index is 1.72. The van der Waals surface area contributed by atoms with Crippen molar-refractivity contribution < 1.29 is 9.47 Å². The fourth-order valence-electron chi connectivity index (χ4n) is 3.36. The van der Waals surface area contributed by atoms with Gasteiger partial charge in [0.05, 0.1) is 12.2 Å². The fourth-order valence-corrected chi connectivity index (χ4v) is 3.36. The van der Waals surface area contributed by atoms with Gasteiger partial charge in [-0.1, -0.05) is 0 Å². The Morgan fingerprint density at radius 3 is 1.86 bits per heavy atom. The summed E-state index contributed by atoms with van der Waals surface area (Å²) in [4.78, 5) is 13.5. The van der Waals surface area contributed by atoms with Gasteiger partial charge in [-0.3, -0.25) is 0 Å². The SMILES string of the molecule is COC1CCCN(c2cc(N3CCCC(OC)C3)ncn2)C1. The van der Waals surface area contributed by atoms with Gasteiger partial charge in [-0.25, -0.2) is 9.97 Å². The summed E-state index contributed by atoms with van der Waals surface area (Å²) in [5.41, 5.74) is 0. The Hall–Kier alpha value is -1.40. The second-order valence-corrected chi connectivity index (χ2v) is 6.13. The molecule has 22 heavy (non-hydrogen) atoms. The van der Waals surface area contributed by atoms with Crippen LogP contribution in [-0.2, 0) is 9.47 Å². The number of rotatable bonds is 4. The Labute approximate surface area is 132 Å². The molecule has 6 heteroatoms. The first-order valence-corrected chi connectivity index (χ1v) is 8.17. The van der Waals surface area contributed by atoms with E-state index in [0.29, 0.717) is 12.2 Å². The van der Waals surface area contributed by atoms with E-state index in [1.54, 1.807) is 20.5 Å². The lowest BCUT2D eigenvalue weighted by molar-refractivity contribution is 0.0888. The van der Waals surface area contributed by atoms with Crippen molar-refractivity contribution in [2.75, 3.05) is 50.2 Å². The van der Waals surface area contributed by atoms with Gasteiger partial charge in [0.1, 0.15) is 18.0 Å². The lowest BCUT2D eigenvalue weighted by Crippen LogP contribution is -2.41. The van der Waals surface area contributed by atoms with Crippen molar-refractivity contribution in [1.29, 1.82) is 0 Å². The van der Waals surface area contributed by atoms with Crippen LogP contribution in [0.4, 0.5) is 11.6 Å². The molecule has 2 aliphatic rings. The molecule has 0 N–H and O–H groups in total. The zero-order chi connectivity index (χ0) is 15.4. The smallest absolute Gasteiger partial charge is 0.134 e. The monoisotopic (exact) mass is 306 g/mol. The van der Waals surface area contributed by atoms with Crippen LogP contribution < -0.4 is 9.80 Å². The topological polar surface area (TPSA) is 50.7 Å². The number of hydrogen-bond acceptors (Lipinski definition) is 6. The van der Waals surface area contributed by atoms with E-state index in [1.165, 1.54) is 0 Å². The van der Waals surface area contributed by atoms with Gasteiger partial charge >= 0.3 is 0 Å². The summed E-state index contributed by atoms with van der Waals surface area (Å²) in [7, 11) is 3.58. The van der Waals surface area contributed by atoms with Crippen molar-refractivity contribution >= 4 is 11.6 Å². The molecule has 2 fully saturated rings. The van der Waals surface area contributed by atoms with Crippen LogP contribution >= 0.6 is 0 Å². The largest absolute Gasteiger partial charge is 0.380 e. The molecule has 2 unspecified atom stereocenters. The number of aromatic nitrogens is 2. The molecule has 0 amide bonds. The number of anilines is 2. The van der Waals surface area contributed by atoms with Crippen LogP contribution in [0, 0.1) is 0 Å². The first-order valence-electron chi connectivity index (χ1n) is 8.17. The Morgan fingerprint density at radius 2 is 1.41 bits per heavy atom. The molecular formula is C16H26N4O2. The highest BCUT2D eigenvalue weighted by Crippen LogP contribution is 2.24. The maximum atomic E-state index is 5.51. The summed E-state index contributed by atoms with van der Waals surface area (Å²) in [6.07, 6.45) is 6.84. The number of methoxy groups -OCH3 is 2. The van der Waals surface area contributed by atoms with Gasteiger partial charge in [0.25, 0.3) is 0 Å². The lowest BCUT2D eigenvalue weighted by Gasteiger charge is -2.35. The molecule has 1 aromatic heterocycles. The van der Waals surface area contributed by atoms with Crippen LogP contribution in [-0.4, -0.2) is 62.6 Å². The van der Waals surface area contributed by atoms with Crippen molar-refractivity contribution in [2.45, 2.75) is 37.9 Å². The van der Waals surface area contributed by atoms with Crippen LogP contribution in [0.1, 0.15) is 25.7 Å². The van der Waals surface area contributed by atoms with Gasteiger partial charge in [-0.05, 0) is 25.7 Å². The zero-order valence-electron chi connectivity index (χ0n) is 13.6. The lowest BCUT2D eigenvalue weighted by atomic mass is 10.1. The van der Waals surface area contributed by atoms with E-state index >= 15 is 0 Å². The molecule has 2 saturated heterocycles. The molecule has 6 nitrogen and oxygen atoms in total. The van der Waals surface area contributed by atoms with Crippen LogP contribution in [0.25, 0.3) is 0 Å². The van der Waals surface area contributed by atoms with Crippen molar-refractivity contribution in [1.82, 2.24) is 9.97 Å². The predicted octanol–water partition coefficient (Wildman–Crippen LogP) is 1.71. The summed E-state index contributed by atoms with van der Waals surface area (Å²) in [5, 5.41) is 0. The molecule has 2 aliphatic heterocycles. The molecule has 0 saturated carbocycles. The minimum Gasteiger partial charge on any atom is -0.380 e. The molecule has 0 bridgehead atoms. The van der Waals surface area contributed by atoms with Crippen LogP contribution in [0.15, 0.2) is 12.4 Å². The molecule has 0 spiro atoms. The van der Waals surface area contributed by atoms with Crippen molar-refractivity contribution in [3.05, 3.63) is 12.4 Å². The van der Waals surface area contributed by atoms with Gasteiger partial charge < -0.3 is 19.3 Å². The molecule has 2 atom stereocenters. The van der Waals surface area contributed by atoms with Gasteiger partial charge in [-0.15, -0.1) is 0 Å². The second-order valence-electron chi connectivity index (χ2n) is 6.13. The van der Waals surface area contributed by atoms with E-state index in [4.69, 9.17) is 9.47 Å². The summed E-state index contributed by atoms with van der Waals surface area (Å²) in [5.74, 6) is 2.01. The molecule has 3 rings (SSSR count). The molecule has 0 aliphatic carbocycles. The highest BCUT2D eigenvalue weighted by molar-refractivity contribution is 5.50. The average molecular weight is 306 g/mol. The van der Waals surface area contributed by atoms with Crippen molar-refractivity contribution in [2.24, 2.45) is 0 Å². The van der Waals surface area contributed by atoms with Gasteiger partial charge in [-0.2, -0.15) is 0 Å². The van der Waals surface area contributed by atoms with Crippen LogP contribution in [0.5, 0.6) is 0 Å². The van der Waals surface area contributed by atoms with Gasteiger partial charge in [0.15, 0.2) is 0 Å². The number of piperidine rings is 2. The fraction of sp³-hybridized carbons (Fsp3) is 0.750. The highest BCUT2D eigenvalue weighted by Gasteiger charge is 2.23. The maximum Gasteiger partial charge on any atom is 0.134 e. The van der Waals surface area contributed by atoms with E-state index in [0.717, 1.165) is 63.5 Å². The normalized spacial score (nSPS) is 26.3. The summed E-state index contributed by atoms with van der Waals surface area (Å²) >= 11 is 0. The Morgan fingerprint density at radius 1 is 0.909 bits per heavy atom. The predicted molar refractivity (Wildman–Crippen MR) is 86.5 cm³/mol. The molecule has 1 aromatic rings. The Kier molecular flexibility index (Phi) is 5.10. The van der Waals surface area contributed by atoms with E-state index in [9.17, 15) is 0 Å². The number of nitrogens with zero attached hydrogens (tertiary/aromatic N) is 4. The molecular weight excluding hydrogens is 280 g/mol. The average Bonchev–Trinajstić information content (AvgIpc) is 2.62. The summed E-state index contributed by atoms with van der Waals surface area (Å²) in [6, 6.07) is 2.11. The summed E-state index contributed by atoms with van der Waals surface area (Å²) < 4.78 is 11.0. The quantitative estimate of drug-likeness (QED) is 0.844. The van der Waals surface area contributed by atoms with E-state index in [2.05, 4.69) is 25.8 Å². The first kappa shape index (κ1) is 15.5. The van der Waals surface area contributed by atoms with Gasteiger partial charge in [0.2, 0.25) is 0 Å². The van der Waals surface area contributed by atoms with E-state index in [-0.39, 0.29) is 0 Å². The third-order valence-corrected chi connectivity index (χ3v) is 4.71. The Bertz CT molecular complexity index is 446. The van der Waals surface area contributed by atoms with Crippen LogP contribution in [0.2, 0.25) is 0 Å². The second kappa shape index (κ2) is 7.24. The summed E-state index contributed by atoms with van der Waals surface area (Å²) in [6.45, 7) is 3.90. The highest BCUT2D eigenvalue weighted by atomic mass is 16.5. The van der Waals surface area contributed by atoms with E-state index < -0.39 is 0 Å². The molecule has 3 heterocycles. The minimum atomic E-state index is 0.306. The van der Waals surface area contributed by atoms with Crippen molar-refractivity contribution in [3.8, 4) is 0 Å². The number of ether oxygens (including phenoxy) is 2. The zero-order valence-corrected chi connectivity index (χ0v) is 13.6. The molecule has 0 radical (unpaired) electrons. The molecule has 122 valence electrons. The maximum absolute atomic E-state index is 5.51. The first-order chi connectivity index (χ1) is 10.8. The minimum absolute atomic E-state index is 0.306. The third kappa shape index (κ3) is 3.50.